The van der Waals surface area contributed by atoms with Gasteiger partial charge in [0.2, 0.25) is 5.91 Å². The largest absolute Gasteiger partial charge is 0.586 e. The first-order valence-corrected chi connectivity index (χ1v) is 12.0. The number of aryl methyl sites for hydroxylation is 1. The predicted molar refractivity (Wildman–Crippen MR) is 133 cm³/mol. The molecule has 37 heavy (non-hydrogen) atoms. The third-order valence-corrected chi connectivity index (χ3v) is 6.54. The van der Waals surface area contributed by atoms with Gasteiger partial charge in [0.25, 0.3) is 5.91 Å². The van der Waals surface area contributed by atoms with E-state index >= 15 is 0 Å². The molecule has 10 heteroatoms. The first-order chi connectivity index (χ1) is 17.7. The molecular formula is C27H26F2N4O4. The number of nitrogens with two attached hydrogens (primary N) is 1. The minimum absolute atomic E-state index is 0.0647. The molecule has 0 atom stereocenters. The van der Waals surface area contributed by atoms with Crippen LogP contribution in [0, 0.1) is 6.92 Å². The summed E-state index contributed by atoms with van der Waals surface area (Å²) < 4.78 is 35.8. The second-order valence-electron chi connectivity index (χ2n) is 9.21. The lowest BCUT2D eigenvalue weighted by Gasteiger charge is -2.17. The molecule has 0 radical (unpaired) electrons. The summed E-state index contributed by atoms with van der Waals surface area (Å²) in [5, 5.41) is 5.71. The number of ether oxygens (including phenoxy) is 2. The highest BCUT2D eigenvalue weighted by Crippen LogP contribution is 2.52. The number of anilines is 1. The molecule has 2 heterocycles. The van der Waals surface area contributed by atoms with Gasteiger partial charge in [-0.2, -0.15) is 0 Å². The van der Waals surface area contributed by atoms with Crippen LogP contribution in [0.5, 0.6) is 11.5 Å². The zero-order valence-corrected chi connectivity index (χ0v) is 20.1. The van der Waals surface area contributed by atoms with Gasteiger partial charge in [0.1, 0.15) is 5.82 Å². The molecule has 3 aromatic rings. The molecule has 4 N–H and O–H groups in total. The minimum atomic E-state index is -3.72. The van der Waals surface area contributed by atoms with E-state index in [1.807, 2.05) is 19.1 Å². The van der Waals surface area contributed by atoms with Crippen molar-refractivity contribution in [3.8, 4) is 22.8 Å². The summed E-state index contributed by atoms with van der Waals surface area (Å²) in [5.41, 5.74) is 7.94. The maximum Gasteiger partial charge on any atom is 0.586 e. The molecule has 2 aliphatic rings. The highest BCUT2D eigenvalue weighted by atomic mass is 19.3. The Morgan fingerprint density at radius 2 is 1.84 bits per heavy atom. The topological polar surface area (TPSA) is 116 Å². The van der Waals surface area contributed by atoms with Crippen molar-refractivity contribution in [2.24, 2.45) is 5.73 Å². The van der Waals surface area contributed by atoms with Gasteiger partial charge in [-0.1, -0.05) is 24.3 Å². The summed E-state index contributed by atoms with van der Waals surface area (Å²) >= 11 is 0. The number of nitrogens with one attached hydrogen (secondary N) is 2. The molecule has 0 unspecified atom stereocenters. The Bertz CT molecular complexity index is 1370. The van der Waals surface area contributed by atoms with Crippen LogP contribution in [-0.2, 0) is 10.2 Å². The second kappa shape index (κ2) is 9.44. The molecule has 192 valence electrons. The lowest BCUT2D eigenvalue weighted by Crippen LogP contribution is -2.28. The van der Waals surface area contributed by atoms with Crippen molar-refractivity contribution in [2.45, 2.75) is 37.9 Å². The SMILES string of the molecule is Cc1ccc(NC(=O)C2(c3ccc4c(c3)OC(F)(F)O4)CC2)nc1-c1cccc(C(=O)NCCCN)c1. The van der Waals surface area contributed by atoms with E-state index in [1.165, 1.54) is 12.1 Å². The molecule has 1 aliphatic carbocycles. The fraction of sp³-hybridized carbons (Fsp3) is 0.296. The van der Waals surface area contributed by atoms with E-state index in [-0.39, 0.29) is 23.3 Å². The number of aromatic nitrogens is 1. The molecule has 2 amide bonds. The minimum Gasteiger partial charge on any atom is -0.395 e. The van der Waals surface area contributed by atoms with E-state index in [0.29, 0.717) is 55.0 Å². The Kier molecular flexibility index (Phi) is 6.28. The predicted octanol–water partition coefficient (Wildman–Crippen LogP) is 4.13. The molecule has 8 nitrogen and oxygen atoms in total. The number of amides is 2. The number of halogens is 2. The second-order valence-corrected chi connectivity index (χ2v) is 9.21. The fourth-order valence-corrected chi connectivity index (χ4v) is 4.36. The zero-order chi connectivity index (χ0) is 26.2. The van der Waals surface area contributed by atoms with Crippen LogP contribution in [0.25, 0.3) is 11.3 Å². The van der Waals surface area contributed by atoms with Gasteiger partial charge in [-0.3, -0.25) is 9.59 Å². The average molecular weight is 509 g/mol. The number of carbonyl (C=O) groups is 2. The van der Waals surface area contributed by atoms with Gasteiger partial charge in [-0.15, -0.1) is 8.78 Å². The van der Waals surface area contributed by atoms with Gasteiger partial charge in [0.15, 0.2) is 11.5 Å². The summed E-state index contributed by atoms with van der Waals surface area (Å²) in [7, 11) is 0. The van der Waals surface area contributed by atoms with Crippen LogP contribution in [0.2, 0.25) is 0 Å². The Hall–Kier alpha value is -4.05. The molecule has 0 bridgehead atoms. The number of carbonyl (C=O) groups excluding carboxylic acids is 2. The summed E-state index contributed by atoms with van der Waals surface area (Å²) in [4.78, 5) is 30.4. The smallest absolute Gasteiger partial charge is 0.395 e. The van der Waals surface area contributed by atoms with Gasteiger partial charge in [-0.05, 0) is 74.2 Å². The Morgan fingerprint density at radius 3 is 2.59 bits per heavy atom. The molecule has 1 saturated carbocycles. The number of hydrogen-bond donors (Lipinski definition) is 3. The van der Waals surface area contributed by atoms with E-state index in [9.17, 15) is 18.4 Å². The Morgan fingerprint density at radius 1 is 1.05 bits per heavy atom. The van der Waals surface area contributed by atoms with Crippen LogP contribution in [0.1, 0.15) is 40.7 Å². The molecular weight excluding hydrogens is 482 g/mol. The molecule has 5 rings (SSSR count). The van der Waals surface area contributed by atoms with Gasteiger partial charge >= 0.3 is 6.29 Å². The van der Waals surface area contributed by atoms with Gasteiger partial charge in [0.05, 0.1) is 11.1 Å². The van der Waals surface area contributed by atoms with Gasteiger partial charge < -0.3 is 25.8 Å². The number of alkyl halides is 2. The number of hydrogen-bond acceptors (Lipinski definition) is 6. The van der Waals surface area contributed by atoms with Crippen molar-refractivity contribution in [3.63, 3.8) is 0 Å². The van der Waals surface area contributed by atoms with Crippen molar-refractivity contribution in [3.05, 3.63) is 71.3 Å². The normalized spacial score (nSPS) is 16.2. The standard InChI is InChI=1S/C27H26F2N4O4/c1-16-6-9-22(32-23(16)17-4-2-5-18(14-17)24(34)31-13-3-12-30)33-25(35)26(10-11-26)19-7-8-20-21(15-19)37-27(28,29)36-20/h2,4-9,14-15H,3,10-13,30H2,1H3,(H,31,34)(H,32,33,35). The van der Waals surface area contributed by atoms with Crippen LogP contribution in [0.3, 0.4) is 0 Å². The number of fused-ring (bicyclic) bond motifs is 1. The van der Waals surface area contributed by atoms with Crippen LogP contribution in [0.4, 0.5) is 14.6 Å². The molecule has 2 aromatic carbocycles. The Labute approximate surface area is 212 Å². The Balaban J connectivity index is 1.35. The third-order valence-electron chi connectivity index (χ3n) is 6.54. The van der Waals surface area contributed by atoms with Crippen LogP contribution in [0.15, 0.2) is 54.6 Å². The van der Waals surface area contributed by atoms with E-state index < -0.39 is 11.7 Å². The molecule has 1 aliphatic heterocycles. The third kappa shape index (κ3) is 4.97. The monoisotopic (exact) mass is 508 g/mol. The summed E-state index contributed by atoms with van der Waals surface area (Å²) in [6.45, 7) is 2.88. The maximum absolute atomic E-state index is 13.4. The highest BCUT2D eigenvalue weighted by molar-refractivity contribution is 6.01. The number of benzene rings is 2. The first-order valence-electron chi connectivity index (χ1n) is 12.0. The number of nitrogens with zero attached hydrogens (tertiary/aromatic N) is 1. The molecule has 0 saturated heterocycles. The molecule has 0 spiro atoms. The van der Waals surface area contributed by atoms with Crippen LogP contribution in [-0.4, -0.2) is 36.2 Å². The number of rotatable bonds is 8. The van der Waals surface area contributed by atoms with Crippen LogP contribution < -0.4 is 25.8 Å². The van der Waals surface area contributed by atoms with Gasteiger partial charge in [0, 0.05) is 17.7 Å². The lowest BCUT2D eigenvalue weighted by atomic mass is 9.94. The van der Waals surface area contributed by atoms with E-state index in [0.717, 1.165) is 11.1 Å². The fourth-order valence-electron chi connectivity index (χ4n) is 4.36. The summed E-state index contributed by atoms with van der Waals surface area (Å²) in [6.07, 6.45) is -1.90. The maximum atomic E-state index is 13.4. The summed E-state index contributed by atoms with van der Waals surface area (Å²) in [6, 6.07) is 15.1. The van der Waals surface area contributed by atoms with Crippen LogP contribution >= 0.6 is 0 Å². The highest BCUT2D eigenvalue weighted by Gasteiger charge is 2.53. The molecule has 1 fully saturated rings. The first kappa shape index (κ1) is 24.6. The van der Waals surface area contributed by atoms with Gasteiger partial charge in [-0.25, -0.2) is 4.98 Å². The average Bonchev–Trinajstić information content (AvgIpc) is 3.62. The van der Waals surface area contributed by atoms with Crippen molar-refractivity contribution >= 4 is 17.6 Å². The van der Waals surface area contributed by atoms with E-state index in [2.05, 4.69) is 25.1 Å². The summed E-state index contributed by atoms with van der Waals surface area (Å²) in [5.74, 6) is -0.292. The van der Waals surface area contributed by atoms with E-state index in [1.54, 1.807) is 30.3 Å². The number of pyridine rings is 1. The lowest BCUT2D eigenvalue weighted by molar-refractivity contribution is -0.286. The quantitative estimate of drug-likeness (QED) is 0.394. The molecule has 1 aromatic heterocycles. The zero-order valence-electron chi connectivity index (χ0n) is 20.1. The van der Waals surface area contributed by atoms with Crippen molar-refractivity contribution in [1.29, 1.82) is 0 Å². The van der Waals surface area contributed by atoms with E-state index in [4.69, 9.17) is 5.73 Å². The van der Waals surface area contributed by atoms with Crippen molar-refractivity contribution in [1.82, 2.24) is 10.3 Å². The van der Waals surface area contributed by atoms with Crippen molar-refractivity contribution in [2.75, 3.05) is 18.4 Å². The van der Waals surface area contributed by atoms with Crippen molar-refractivity contribution < 1.29 is 27.8 Å².